The Bertz CT molecular complexity index is 484. The van der Waals surface area contributed by atoms with E-state index in [4.69, 9.17) is 5.11 Å². The number of carbonyl (C=O) groups excluding carboxylic acids is 1. The monoisotopic (exact) mass is 293 g/mol. The topological polar surface area (TPSA) is 49.3 Å². The summed E-state index contributed by atoms with van der Waals surface area (Å²) in [4.78, 5) is 13.1. The van der Waals surface area contributed by atoms with Gasteiger partial charge in [0.1, 0.15) is 4.88 Å². The van der Waals surface area contributed by atoms with Gasteiger partial charge in [-0.05, 0) is 30.7 Å². The Kier molecular flexibility index (Phi) is 6.77. The number of rotatable bonds is 6. The molecule has 0 aromatic carbocycles. The van der Waals surface area contributed by atoms with Crippen LogP contribution in [0.15, 0.2) is 11.4 Å². The third-order valence-electron chi connectivity index (χ3n) is 3.74. The second-order valence-corrected chi connectivity index (χ2v) is 5.65. The van der Waals surface area contributed by atoms with Crippen LogP contribution in [0.25, 0.3) is 0 Å². The first-order valence-electron chi connectivity index (χ1n) is 7.12. The fraction of sp³-hybridized carbons (Fsp3) is 0.562. The maximum atomic E-state index is 12.4. The summed E-state index contributed by atoms with van der Waals surface area (Å²) < 4.78 is 0. The minimum atomic E-state index is -0.128. The molecule has 0 radical (unpaired) electrons. The molecule has 4 heteroatoms. The van der Waals surface area contributed by atoms with E-state index in [-0.39, 0.29) is 18.1 Å². The van der Waals surface area contributed by atoms with E-state index in [1.807, 2.05) is 11.4 Å². The number of amides is 1. The number of aliphatic hydroxyl groups excluding tert-OH is 1. The molecule has 1 amide bonds. The van der Waals surface area contributed by atoms with Gasteiger partial charge in [-0.2, -0.15) is 0 Å². The van der Waals surface area contributed by atoms with Crippen molar-refractivity contribution in [3.63, 3.8) is 0 Å². The van der Waals surface area contributed by atoms with Crippen LogP contribution in [0.2, 0.25) is 0 Å². The molecule has 1 aromatic heterocycles. The fourth-order valence-electron chi connectivity index (χ4n) is 2.11. The Morgan fingerprint density at radius 1 is 1.35 bits per heavy atom. The van der Waals surface area contributed by atoms with Gasteiger partial charge in [-0.15, -0.1) is 11.3 Å². The molecule has 0 aliphatic rings. The van der Waals surface area contributed by atoms with Gasteiger partial charge in [0, 0.05) is 17.5 Å². The highest BCUT2D eigenvalue weighted by atomic mass is 32.1. The van der Waals surface area contributed by atoms with Crippen molar-refractivity contribution in [3.05, 3.63) is 21.9 Å². The summed E-state index contributed by atoms with van der Waals surface area (Å²) in [6, 6.07) is 1.86. The summed E-state index contributed by atoms with van der Waals surface area (Å²) in [5, 5.41) is 13.8. The largest absolute Gasteiger partial charge is 0.395 e. The van der Waals surface area contributed by atoms with Gasteiger partial charge < -0.3 is 10.4 Å². The Morgan fingerprint density at radius 3 is 2.55 bits per heavy atom. The molecule has 3 nitrogen and oxygen atoms in total. The van der Waals surface area contributed by atoms with Gasteiger partial charge in [-0.3, -0.25) is 4.79 Å². The van der Waals surface area contributed by atoms with Crippen LogP contribution in [0.5, 0.6) is 0 Å². The lowest BCUT2D eigenvalue weighted by Gasteiger charge is -2.31. The Balaban J connectivity index is 2.89. The van der Waals surface area contributed by atoms with Crippen molar-refractivity contribution in [1.29, 1.82) is 0 Å². The molecule has 0 aliphatic heterocycles. The lowest BCUT2D eigenvalue weighted by atomic mass is 9.89. The molecular weight excluding hydrogens is 270 g/mol. The smallest absolute Gasteiger partial charge is 0.263 e. The van der Waals surface area contributed by atoms with Gasteiger partial charge in [0.2, 0.25) is 0 Å². The number of carbonyl (C=O) groups is 1. The molecule has 1 rings (SSSR count). The zero-order valence-electron chi connectivity index (χ0n) is 12.5. The second kappa shape index (κ2) is 8.08. The highest BCUT2D eigenvalue weighted by Gasteiger charge is 2.27. The van der Waals surface area contributed by atoms with Crippen LogP contribution in [-0.4, -0.2) is 23.2 Å². The van der Waals surface area contributed by atoms with E-state index >= 15 is 0 Å². The van der Waals surface area contributed by atoms with E-state index in [1.165, 1.54) is 11.3 Å². The summed E-state index contributed by atoms with van der Waals surface area (Å²) >= 11 is 1.41. The molecule has 0 bridgehead atoms. The third kappa shape index (κ3) is 4.09. The number of aliphatic hydroxyl groups is 1. The molecule has 0 fully saturated rings. The SMILES string of the molecule is CCC(CC)(CC)NC(=O)c1sccc1C#CCCO. The van der Waals surface area contributed by atoms with Crippen molar-refractivity contribution in [2.75, 3.05) is 6.61 Å². The van der Waals surface area contributed by atoms with Crippen molar-refractivity contribution in [2.24, 2.45) is 0 Å². The number of hydrogen-bond donors (Lipinski definition) is 2. The minimum Gasteiger partial charge on any atom is -0.395 e. The van der Waals surface area contributed by atoms with Crippen LogP contribution in [0.3, 0.4) is 0 Å². The van der Waals surface area contributed by atoms with E-state index < -0.39 is 0 Å². The lowest BCUT2D eigenvalue weighted by Crippen LogP contribution is -2.47. The van der Waals surface area contributed by atoms with Crippen LogP contribution in [0, 0.1) is 11.8 Å². The first kappa shape index (κ1) is 16.7. The number of nitrogens with one attached hydrogen (secondary N) is 1. The zero-order valence-corrected chi connectivity index (χ0v) is 13.3. The molecule has 0 spiro atoms. The van der Waals surface area contributed by atoms with E-state index in [0.717, 1.165) is 24.8 Å². The molecule has 2 N–H and O–H groups in total. The molecule has 0 saturated carbocycles. The van der Waals surface area contributed by atoms with Crippen molar-refractivity contribution >= 4 is 17.2 Å². The van der Waals surface area contributed by atoms with E-state index in [1.54, 1.807) is 0 Å². The fourth-order valence-corrected chi connectivity index (χ4v) is 2.85. The number of thiophene rings is 1. The summed E-state index contributed by atoms with van der Waals surface area (Å²) in [7, 11) is 0. The predicted octanol–water partition coefficient (Wildman–Crippen LogP) is 3.18. The normalized spacial score (nSPS) is 10.8. The maximum absolute atomic E-state index is 12.4. The molecule has 0 unspecified atom stereocenters. The molecule has 1 heterocycles. The van der Waals surface area contributed by atoms with E-state index in [2.05, 4.69) is 37.9 Å². The van der Waals surface area contributed by atoms with Crippen molar-refractivity contribution < 1.29 is 9.90 Å². The molecule has 20 heavy (non-hydrogen) atoms. The van der Waals surface area contributed by atoms with Gasteiger partial charge in [0.25, 0.3) is 5.91 Å². The molecule has 1 aromatic rings. The van der Waals surface area contributed by atoms with Gasteiger partial charge in [-0.25, -0.2) is 0 Å². The summed E-state index contributed by atoms with van der Waals surface area (Å²) in [6.07, 6.45) is 3.19. The number of hydrogen-bond acceptors (Lipinski definition) is 3. The quantitative estimate of drug-likeness (QED) is 0.791. The van der Waals surface area contributed by atoms with Crippen LogP contribution in [0.4, 0.5) is 0 Å². The minimum absolute atomic E-state index is 0.0427. The summed E-state index contributed by atoms with van der Waals surface area (Å²) in [5.41, 5.74) is 0.620. The van der Waals surface area contributed by atoms with Crippen molar-refractivity contribution in [2.45, 2.75) is 52.0 Å². The highest BCUT2D eigenvalue weighted by molar-refractivity contribution is 7.12. The Hall–Kier alpha value is -1.31. The second-order valence-electron chi connectivity index (χ2n) is 4.73. The lowest BCUT2D eigenvalue weighted by molar-refractivity contribution is 0.0892. The van der Waals surface area contributed by atoms with E-state index in [9.17, 15) is 4.79 Å². The Morgan fingerprint density at radius 2 is 2.00 bits per heavy atom. The standard InChI is InChI=1S/C16H23NO2S/c1-4-16(5-2,6-3)17-15(19)14-13(10-12-20-14)9-7-8-11-18/h10,12,18H,4-6,8,11H2,1-3H3,(H,17,19). The average Bonchev–Trinajstić information content (AvgIpc) is 2.94. The van der Waals surface area contributed by atoms with Crippen LogP contribution in [-0.2, 0) is 0 Å². The average molecular weight is 293 g/mol. The van der Waals surface area contributed by atoms with Gasteiger partial charge >= 0.3 is 0 Å². The van der Waals surface area contributed by atoms with E-state index in [0.29, 0.717) is 11.3 Å². The molecule has 0 saturated heterocycles. The van der Waals surface area contributed by atoms with Crippen LogP contribution < -0.4 is 5.32 Å². The highest BCUT2D eigenvalue weighted by Crippen LogP contribution is 2.22. The van der Waals surface area contributed by atoms with Gasteiger partial charge in [0.15, 0.2) is 0 Å². The van der Waals surface area contributed by atoms with Crippen molar-refractivity contribution in [3.8, 4) is 11.8 Å². The maximum Gasteiger partial charge on any atom is 0.263 e. The predicted molar refractivity (Wildman–Crippen MR) is 84.0 cm³/mol. The zero-order chi connectivity index (χ0) is 15.0. The van der Waals surface area contributed by atoms with Crippen LogP contribution >= 0.6 is 11.3 Å². The molecule has 110 valence electrons. The summed E-state index contributed by atoms with van der Waals surface area (Å²) in [6.45, 7) is 6.35. The van der Waals surface area contributed by atoms with Crippen molar-refractivity contribution in [1.82, 2.24) is 5.32 Å². The first-order chi connectivity index (χ1) is 9.62. The van der Waals surface area contributed by atoms with Gasteiger partial charge in [-0.1, -0.05) is 32.6 Å². The molecule has 0 atom stereocenters. The molecular formula is C16H23NO2S. The third-order valence-corrected chi connectivity index (χ3v) is 4.65. The Labute approximate surface area is 125 Å². The summed E-state index contributed by atoms with van der Waals surface area (Å²) in [5.74, 6) is 5.78. The first-order valence-corrected chi connectivity index (χ1v) is 8.00. The molecule has 0 aliphatic carbocycles. The van der Waals surface area contributed by atoms with Gasteiger partial charge in [0.05, 0.1) is 6.61 Å². The van der Waals surface area contributed by atoms with Crippen LogP contribution in [0.1, 0.15) is 61.7 Å².